The fourth-order valence-corrected chi connectivity index (χ4v) is 4.11. The van der Waals surface area contributed by atoms with E-state index >= 15 is 0 Å². The standard InChI is InChI=1S/C18H20N4S/c1-2-21-8-10-22(11-9-21)17-15-12-16(14-6-4-3-5-7-14)23-18(15)20-13-19-17/h3-7,12-13H,2,8-11H2,1H3. The van der Waals surface area contributed by atoms with E-state index in [4.69, 9.17) is 0 Å². The van der Waals surface area contributed by atoms with Crippen molar-refractivity contribution in [3.05, 3.63) is 42.7 Å². The van der Waals surface area contributed by atoms with Gasteiger partial charge in [0.15, 0.2) is 0 Å². The van der Waals surface area contributed by atoms with Crippen molar-refractivity contribution in [1.82, 2.24) is 14.9 Å². The van der Waals surface area contributed by atoms with Crippen molar-refractivity contribution in [3.63, 3.8) is 0 Å². The number of likely N-dealkylation sites (N-methyl/N-ethyl adjacent to an activating group) is 1. The summed E-state index contributed by atoms with van der Waals surface area (Å²) >= 11 is 1.75. The maximum Gasteiger partial charge on any atom is 0.140 e. The van der Waals surface area contributed by atoms with Crippen LogP contribution in [0, 0.1) is 0 Å². The molecule has 0 N–H and O–H groups in total. The largest absolute Gasteiger partial charge is 0.353 e. The number of rotatable bonds is 3. The first kappa shape index (κ1) is 14.6. The van der Waals surface area contributed by atoms with E-state index < -0.39 is 0 Å². The molecule has 2 aromatic heterocycles. The highest BCUT2D eigenvalue weighted by Gasteiger charge is 2.20. The SMILES string of the molecule is CCN1CCN(c2ncnc3sc(-c4ccccc4)cc23)CC1. The van der Waals surface area contributed by atoms with Gasteiger partial charge in [0.05, 0.1) is 5.39 Å². The summed E-state index contributed by atoms with van der Waals surface area (Å²) < 4.78 is 0. The molecule has 1 saturated heterocycles. The summed E-state index contributed by atoms with van der Waals surface area (Å²) in [6.45, 7) is 7.65. The molecule has 118 valence electrons. The molecule has 0 saturated carbocycles. The van der Waals surface area contributed by atoms with E-state index in [1.165, 1.54) is 15.8 Å². The molecule has 4 rings (SSSR count). The Bertz CT molecular complexity index is 791. The van der Waals surface area contributed by atoms with Crippen LogP contribution in [0.4, 0.5) is 5.82 Å². The highest BCUT2D eigenvalue weighted by molar-refractivity contribution is 7.21. The van der Waals surface area contributed by atoms with E-state index in [-0.39, 0.29) is 0 Å². The molecule has 0 bridgehead atoms. The smallest absolute Gasteiger partial charge is 0.140 e. The highest BCUT2D eigenvalue weighted by atomic mass is 32.1. The van der Waals surface area contributed by atoms with Crippen LogP contribution in [0.25, 0.3) is 20.7 Å². The number of nitrogens with zero attached hydrogens (tertiary/aromatic N) is 4. The van der Waals surface area contributed by atoms with Crippen molar-refractivity contribution in [2.75, 3.05) is 37.6 Å². The van der Waals surface area contributed by atoms with E-state index in [0.717, 1.165) is 43.4 Å². The molecule has 23 heavy (non-hydrogen) atoms. The third-order valence-corrected chi connectivity index (χ3v) is 5.58. The lowest BCUT2D eigenvalue weighted by molar-refractivity contribution is 0.271. The molecule has 0 atom stereocenters. The van der Waals surface area contributed by atoms with E-state index in [1.807, 2.05) is 0 Å². The van der Waals surface area contributed by atoms with Crippen molar-refractivity contribution in [2.24, 2.45) is 0 Å². The Morgan fingerprint density at radius 2 is 1.83 bits per heavy atom. The molecule has 5 heteroatoms. The van der Waals surface area contributed by atoms with Gasteiger partial charge in [-0.3, -0.25) is 0 Å². The van der Waals surface area contributed by atoms with Crippen LogP contribution in [0.2, 0.25) is 0 Å². The van der Waals surface area contributed by atoms with Crippen LogP contribution in [0.3, 0.4) is 0 Å². The minimum Gasteiger partial charge on any atom is -0.353 e. The molecular formula is C18H20N4S. The van der Waals surface area contributed by atoms with Gasteiger partial charge >= 0.3 is 0 Å². The lowest BCUT2D eigenvalue weighted by atomic mass is 10.2. The summed E-state index contributed by atoms with van der Waals surface area (Å²) in [4.78, 5) is 16.3. The second-order valence-corrected chi connectivity index (χ2v) is 6.84. The van der Waals surface area contributed by atoms with Gasteiger partial charge in [0, 0.05) is 31.1 Å². The Morgan fingerprint density at radius 1 is 1.04 bits per heavy atom. The van der Waals surface area contributed by atoms with Crippen LogP contribution >= 0.6 is 11.3 Å². The number of piperazine rings is 1. The number of thiophene rings is 1. The summed E-state index contributed by atoms with van der Waals surface area (Å²) in [6.07, 6.45) is 1.70. The predicted molar refractivity (Wildman–Crippen MR) is 97.2 cm³/mol. The topological polar surface area (TPSA) is 32.3 Å². The van der Waals surface area contributed by atoms with Gasteiger partial charge in [0.1, 0.15) is 17.0 Å². The Kier molecular flexibility index (Phi) is 3.97. The zero-order valence-electron chi connectivity index (χ0n) is 13.3. The number of aromatic nitrogens is 2. The second kappa shape index (κ2) is 6.26. The number of benzene rings is 1. The Morgan fingerprint density at radius 3 is 2.57 bits per heavy atom. The number of fused-ring (bicyclic) bond motifs is 1. The van der Waals surface area contributed by atoms with Gasteiger partial charge in [0.25, 0.3) is 0 Å². The van der Waals surface area contributed by atoms with Crippen LogP contribution in [0.15, 0.2) is 42.7 Å². The van der Waals surface area contributed by atoms with Crippen LogP contribution in [0.1, 0.15) is 6.92 Å². The zero-order valence-corrected chi connectivity index (χ0v) is 14.1. The average molecular weight is 324 g/mol. The third kappa shape index (κ3) is 2.82. The Hall–Kier alpha value is -1.98. The molecule has 0 amide bonds. The van der Waals surface area contributed by atoms with Crippen LogP contribution in [0.5, 0.6) is 0 Å². The molecule has 1 aliphatic rings. The van der Waals surface area contributed by atoms with E-state index in [0.29, 0.717) is 0 Å². The zero-order chi connectivity index (χ0) is 15.6. The monoisotopic (exact) mass is 324 g/mol. The minimum atomic E-state index is 1.04. The Balaban J connectivity index is 1.70. The molecule has 4 nitrogen and oxygen atoms in total. The molecule has 1 aliphatic heterocycles. The summed E-state index contributed by atoms with van der Waals surface area (Å²) in [6, 6.07) is 12.8. The van der Waals surface area contributed by atoms with Gasteiger partial charge in [-0.1, -0.05) is 37.3 Å². The van der Waals surface area contributed by atoms with Crippen LogP contribution in [-0.4, -0.2) is 47.6 Å². The first-order chi connectivity index (χ1) is 11.3. The fraction of sp³-hybridized carbons (Fsp3) is 0.333. The number of hydrogen-bond acceptors (Lipinski definition) is 5. The van der Waals surface area contributed by atoms with Crippen molar-refractivity contribution in [3.8, 4) is 10.4 Å². The normalized spacial score (nSPS) is 16.1. The van der Waals surface area contributed by atoms with Crippen molar-refractivity contribution >= 4 is 27.4 Å². The third-order valence-electron chi connectivity index (χ3n) is 4.49. The summed E-state index contributed by atoms with van der Waals surface area (Å²) in [5, 5.41) is 1.18. The first-order valence-electron chi connectivity index (χ1n) is 8.12. The molecule has 3 aromatic rings. The quantitative estimate of drug-likeness (QED) is 0.738. The molecule has 0 spiro atoms. The van der Waals surface area contributed by atoms with Crippen molar-refractivity contribution < 1.29 is 0 Å². The molecule has 0 aliphatic carbocycles. The van der Waals surface area contributed by atoms with Gasteiger partial charge < -0.3 is 9.80 Å². The number of anilines is 1. The molecular weight excluding hydrogens is 304 g/mol. The minimum absolute atomic E-state index is 1.04. The second-order valence-electron chi connectivity index (χ2n) is 5.81. The highest BCUT2D eigenvalue weighted by Crippen LogP contribution is 2.36. The van der Waals surface area contributed by atoms with E-state index in [1.54, 1.807) is 17.7 Å². The molecule has 0 unspecified atom stereocenters. The molecule has 3 heterocycles. The maximum absolute atomic E-state index is 4.59. The van der Waals surface area contributed by atoms with E-state index in [9.17, 15) is 0 Å². The van der Waals surface area contributed by atoms with Gasteiger partial charge in [-0.05, 0) is 18.2 Å². The first-order valence-corrected chi connectivity index (χ1v) is 8.94. The van der Waals surface area contributed by atoms with Crippen molar-refractivity contribution in [1.29, 1.82) is 0 Å². The maximum atomic E-state index is 4.59. The predicted octanol–water partition coefficient (Wildman–Crippen LogP) is 3.50. The van der Waals surface area contributed by atoms with Gasteiger partial charge in [-0.15, -0.1) is 11.3 Å². The van der Waals surface area contributed by atoms with Gasteiger partial charge in [-0.25, -0.2) is 9.97 Å². The number of hydrogen-bond donors (Lipinski definition) is 0. The average Bonchev–Trinajstić information content (AvgIpc) is 3.07. The molecule has 1 aromatic carbocycles. The molecule has 1 fully saturated rings. The van der Waals surface area contributed by atoms with Crippen molar-refractivity contribution in [2.45, 2.75) is 6.92 Å². The van der Waals surface area contributed by atoms with E-state index in [2.05, 4.69) is 63.1 Å². The van der Waals surface area contributed by atoms with Gasteiger partial charge in [0.2, 0.25) is 0 Å². The summed E-state index contributed by atoms with van der Waals surface area (Å²) in [7, 11) is 0. The van der Waals surface area contributed by atoms with Gasteiger partial charge in [-0.2, -0.15) is 0 Å². The lowest BCUT2D eigenvalue weighted by Crippen LogP contribution is -2.46. The molecule has 0 radical (unpaired) electrons. The Labute approximate surface area is 140 Å². The van der Waals surface area contributed by atoms with Crippen LogP contribution in [-0.2, 0) is 0 Å². The fourth-order valence-electron chi connectivity index (χ4n) is 3.12. The summed E-state index contributed by atoms with van der Waals surface area (Å²) in [5.74, 6) is 1.09. The van der Waals surface area contributed by atoms with Crippen LogP contribution < -0.4 is 4.90 Å². The summed E-state index contributed by atoms with van der Waals surface area (Å²) in [5.41, 5.74) is 1.25. The lowest BCUT2D eigenvalue weighted by Gasteiger charge is -2.34.